The first-order valence-electron chi connectivity index (χ1n) is 6.97. The molecule has 1 heterocycles. The summed E-state index contributed by atoms with van der Waals surface area (Å²) >= 11 is 0. The molecule has 0 bridgehead atoms. The van der Waals surface area contributed by atoms with Crippen molar-refractivity contribution < 1.29 is 14.3 Å². The Balaban J connectivity index is 2.28. The van der Waals surface area contributed by atoms with Gasteiger partial charge in [-0.3, -0.25) is 0 Å². The number of esters is 1. The maximum atomic E-state index is 11.8. The Labute approximate surface area is 119 Å². The first-order chi connectivity index (χ1) is 9.66. The lowest BCUT2D eigenvalue weighted by atomic mass is 10.1. The molecule has 1 saturated heterocycles. The predicted molar refractivity (Wildman–Crippen MR) is 77.8 cm³/mol. The highest BCUT2D eigenvalue weighted by atomic mass is 16.5. The minimum absolute atomic E-state index is 0.302. The molecule has 0 aromatic heterocycles. The Hall–Kier alpha value is -1.59. The van der Waals surface area contributed by atoms with Crippen molar-refractivity contribution in [3.63, 3.8) is 0 Å². The highest BCUT2D eigenvalue weighted by Gasteiger charge is 2.40. The van der Waals surface area contributed by atoms with Crippen molar-refractivity contribution >= 4 is 11.7 Å². The van der Waals surface area contributed by atoms with Crippen LogP contribution >= 0.6 is 0 Å². The Morgan fingerprint density at radius 3 is 2.95 bits per heavy atom. The molecule has 1 aliphatic heterocycles. The molecule has 1 aromatic rings. The lowest BCUT2D eigenvalue weighted by Crippen LogP contribution is -2.51. The summed E-state index contributed by atoms with van der Waals surface area (Å²) in [7, 11) is 1.68. The van der Waals surface area contributed by atoms with Crippen LogP contribution in [-0.2, 0) is 9.47 Å². The molecule has 0 radical (unpaired) electrons. The van der Waals surface area contributed by atoms with Crippen molar-refractivity contribution in [1.29, 1.82) is 0 Å². The van der Waals surface area contributed by atoms with Crippen LogP contribution in [-0.4, -0.2) is 38.5 Å². The molecule has 2 rings (SSSR count). The third-order valence-electron chi connectivity index (χ3n) is 3.81. The Bertz CT molecular complexity index is 472. The largest absolute Gasteiger partial charge is 0.462 e. The SMILES string of the molecule is CCOC(=O)c1cccc(N2CCCC2(CN)OC)c1. The van der Waals surface area contributed by atoms with E-state index in [0.29, 0.717) is 18.7 Å². The van der Waals surface area contributed by atoms with Crippen LogP contribution in [0.3, 0.4) is 0 Å². The maximum absolute atomic E-state index is 11.8. The van der Waals surface area contributed by atoms with E-state index in [-0.39, 0.29) is 5.97 Å². The van der Waals surface area contributed by atoms with Crippen LogP contribution in [0, 0.1) is 0 Å². The number of benzene rings is 1. The number of carbonyl (C=O) groups excluding carboxylic acids is 1. The van der Waals surface area contributed by atoms with Gasteiger partial charge in [0.25, 0.3) is 0 Å². The van der Waals surface area contributed by atoms with Gasteiger partial charge in [0.05, 0.1) is 12.2 Å². The normalized spacial score (nSPS) is 22.1. The van der Waals surface area contributed by atoms with Crippen molar-refractivity contribution in [2.75, 3.05) is 31.7 Å². The van der Waals surface area contributed by atoms with E-state index >= 15 is 0 Å². The molecular formula is C15H22N2O3. The van der Waals surface area contributed by atoms with Crippen LogP contribution in [0.2, 0.25) is 0 Å². The fourth-order valence-corrected chi connectivity index (χ4v) is 2.74. The highest BCUT2D eigenvalue weighted by molar-refractivity contribution is 5.90. The zero-order chi connectivity index (χ0) is 14.6. The first kappa shape index (κ1) is 14.8. The molecular weight excluding hydrogens is 256 g/mol. The Morgan fingerprint density at radius 2 is 2.30 bits per heavy atom. The zero-order valence-electron chi connectivity index (χ0n) is 12.1. The quantitative estimate of drug-likeness (QED) is 0.831. The molecule has 20 heavy (non-hydrogen) atoms. The minimum atomic E-state index is -0.465. The fourth-order valence-electron chi connectivity index (χ4n) is 2.74. The number of nitrogens with two attached hydrogens (primary N) is 1. The second kappa shape index (κ2) is 6.24. The van der Waals surface area contributed by atoms with Gasteiger partial charge in [-0.15, -0.1) is 0 Å². The van der Waals surface area contributed by atoms with E-state index < -0.39 is 5.72 Å². The molecule has 0 aliphatic carbocycles. The van der Waals surface area contributed by atoms with E-state index in [9.17, 15) is 4.79 Å². The van der Waals surface area contributed by atoms with Crippen LogP contribution in [0.1, 0.15) is 30.1 Å². The summed E-state index contributed by atoms with van der Waals surface area (Å²) in [6.07, 6.45) is 1.91. The molecule has 1 fully saturated rings. The maximum Gasteiger partial charge on any atom is 0.338 e. The molecule has 0 saturated carbocycles. The van der Waals surface area contributed by atoms with Gasteiger partial charge in [0.15, 0.2) is 5.72 Å². The second-order valence-electron chi connectivity index (χ2n) is 4.88. The van der Waals surface area contributed by atoms with Gasteiger partial charge in [-0.1, -0.05) is 6.07 Å². The highest BCUT2D eigenvalue weighted by Crippen LogP contribution is 2.34. The van der Waals surface area contributed by atoms with E-state index in [2.05, 4.69) is 4.90 Å². The third kappa shape index (κ3) is 2.64. The smallest absolute Gasteiger partial charge is 0.338 e. The van der Waals surface area contributed by atoms with E-state index in [4.69, 9.17) is 15.2 Å². The molecule has 110 valence electrons. The number of ether oxygens (including phenoxy) is 2. The average Bonchev–Trinajstić information content (AvgIpc) is 2.92. The summed E-state index contributed by atoms with van der Waals surface area (Å²) < 4.78 is 10.7. The van der Waals surface area contributed by atoms with Gasteiger partial charge >= 0.3 is 5.97 Å². The Morgan fingerprint density at radius 1 is 1.50 bits per heavy atom. The van der Waals surface area contributed by atoms with Crippen LogP contribution in [0.5, 0.6) is 0 Å². The number of methoxy groups -OCH3 is 1. The molecule has 0 spiro atoms. The molecule has 0 amide bonds. The van der Waals surface area contributed by atoms with Gasteiger partial charge in [0, 0.05) is 25.9 Å². The average molecular weight is 278 g/mol. The van der Waals surface area contributed by atoms with E-state index in [1.165, 1.54) is 0 Å². The second-order valence-corrected chi connectivity index (χ2v) is 4.88. The lowest BCUT2D eigenvalue weighted by Gasteiger charge is -2.38. The molecule has 5 heteroatoms. The van der Waals surface area contributed by atoms with Gasteiger partial charge in [0.1, 0.15) is 0 Å². The number of nitrogens with zero attached hydrogens (tertiary/aromatic N) is 1. The van der Waals surface area contributed by atoms with Crippen molar-refractivity contribution in [3.05, 3.63) is 29.8 Å². The summed E-state index contributed by atoms with van der Waals surface area (Å²) in [4.78, 5) is 14.0. The number of anilines is 1. The molecule has 1 unspecified atom stereocenters. The van der Waals surface area contributed by atoms with Gasteiger partial charge in [-0.05, 0) is 38.0 Å². The van der Waals surface area contributed by atoms with Crippen LogP contribution in [0.4, 0.5) is 5.69 Å². The molecule has 1 atom stereocenters. The number of rotatable bonds is 5. The van der Waals surface area contributed by atoms with Gasteiger partial charge in [-0.2, -0.15) is 0 Å². The topological polar surface area (TPSA) is 64.8 Å². The van der Waals surface area contributed by atoms with E-state index in [1.807, 2.05) is 18.2 Å². The zero-order valence-corrected chi connectivity index (χ0v) is 12.1. The van der Waals surface area contributed by atoms with E-state index in [0.717, 1.165) is 25.1 Å². The molecule has 1 aromatic carbocycles. The number of carbonyl (C=O) groups is 1. The van der Waals surface area contributed by atoms with Crippen molar-refractivity contribution in [3.8, 4) is 0 Å². The molecule has 1 aliphatic rings. The summed E-state index contributed by atoms with van der Waals surface area (Å²) in [5, 5.41) is 0. The summed E-state index contributed by atoms with van der Waals surface area (Å²) in [5.41, 5.74) is 6.93. The van der Waals surface area contributed by atoms with Crippen LogP contribution in [0.25, 0.3) is 0 Å². The van der Waals surface area contributed by atoms with Gasteiger partial charge in [0.2, 0.25) is 0 Å². The standard InChI is InChI=1S/C15H22N2O3/c1-3-20-14(18)12-6-4-7-13(10-12)17-9-5-8-15(17,11-16)19-2/h4,6-7,10H,3,5,8-9,11,16H2,1-2H3. The van der Waals surface area contributed by atoms with Crippen molar-refractivity contribution in [2.45, 2.75) is 25.5 Å². The monoisotopic (exact) mass is 278 g/mol. The van der Waals surface area contributed by atoms with Crippen molar-refractivity contribution in [2.24, 2.45) is 5.73 Å². The number of hydrogen-bond acceptors (Lipinski definition) is 5. The number of hydrogen-bond donors (Lipinski definition) is 1. The van der Waals surface area contributed by atoms with E-state index in [1.54, 1.807) is 20.1 Å². The summed E-state index contributed by atoms with van der Waals surface area (Å²) in [6, 6.07) is 7.43. The minimum Gasteiger partial charge on any atom is -0.462 e. The van der Waals surface area contributed by atoms with Gasteiger partial charge in [-0.25, -0.2) is 4.79 Å². The summed E-state index contributed by atoms with van der Waals surface area (Å²) in [5.74, 6) is -0.302. The third-order valence-corrected chi connectivity index (χ3v) is 3.81. The first-order valence-corrected chi connectivity index (χ1v) is 6.97. The molecule has 2 N–H and O–H groups in total. The predicted octanol–water partition coefficient (Wildman–Crippen LogP) is 1.76. The lowest BCUT2D eigenvalue weighted by molar-refractivity contribution is 0.00679. The Kier molecular flexibility index (Phi) is 4.62. The van der Waals surface area contributed by atoms with Crippen LogP contribution < -0.4 is 10.6 Å². The molecule has 5 nitrogen and oxygen atoms in total. The van der Waals surface area contributed by atoms with Gasteiger partial charge < -0.3 is 20.1 Å². The fraction of sp³-hybridized carbons (Fsp3) is 0.533. The van der Waals surface area contributed by atoms with Crippen molar-refractivity contribution in [1.82, 2.24) is 0 Å². The summed E-state index contributed by atoms with van der Waals surface area (Å²) in [6.45, 7) is 3.47. The van der Waals surface area contributed by atoms with Crippen LogP contribution in [0.15, 0.2) is 24.3 Å².